The summed E-state index contributed by atoms with van der Waals surface area (Å²) >= 11 is 1.41. The molecule has 0 saturated heterocycles. The maximum atomic E-state index is 11.9. The van der Waals surface area contributed by atoms with Crippen LogP contribution >= 0.6 is 11.8 Å². The summed E-state index contributed by atoms with van der Waals surface area (Å²) in [5, 5.41) is 8.82. The fraction of sp³-hybridized carbons (Fsp3) is 0.333. The fourth-order valence-electron chi connectivity index (χ4n) is 1.81. The molecular formula is C12H14N2O3S. The molecule has 1 heterocycles. The molecule has 2 rings (SSSR count). The van der Waals surface area contributed by atoms with Crippen molar-refractivity contribution >= 4 is 29.3 Å². The van der Waals surface area contributed by atoms with Gasteiger partial charge in [-0.1, -0.05) is 6.07 Å². The molecule has 1 aliphatic heterocycles. The minimum absolute atomic E-state index is 0.0529. The van der Waals surface area contributed by atoms with E-state index in [0.717, 1.165) is 15.4 Å². The van der Waals surface area contributed by atoms with Crippen molar-refractivity contribution < 1.29 is 14.7 Å². The van der Waals surface area contributed by atoms with E-state index >= 15 is 0 Å². The van der Waals surface area contributed by atoms with Gasteiger partial charge in [-0.2, -0.15) is 0 Å². The summed E-state index contributed by atoms with van der Waals surface area (Å²) < 4.78 is 0. The summed E-state index contributed by atoms with van der Waals surface area (Å²) in [6.07, 6.45) is -0.0529. The lowest BCUT2D eigenvalue weighted by atomic mass is 10.1. The number of nitrogens with zero attached hydrogens (tertiary/aromatic N) is 1. The highest BCUT2D eigenvalue weighted by molar-refractivity contribution is 8.00. The van der Waals surface area contributed by atoms with Gasteiger partial charge in [0.1, 0.15) is 0 Å². The third-order valence-corrected chi connectivity index (χ3v) is 3.72. The number of carbonyl (C=O) groups is 2. The van der Waals surface area contributed by atoms with Crippen LogP contribution in [0.3, 0.4) is 0 Å². The molecule has 96 valence electrons. The molecule has 5 nitrogen and oxygen atoms in total. The van der Waals surface area contributed by atoms with Gasteiger partial charge in [-0.05, 0) is 17.7 Å². The number of aliphatic hydroxyl groups excluding tert-OH is 1. The van der Waals surface area contributed by atoms with Crippen LogP contribution in [0.5, 0.6) is 0 Å². The first-order valence-corrected chi connectivity index (χ1v) is 6.58. The Kier molecular flexibility index (Phi) is 4.00. The maximum Gasteiger partial charge on any atom is 0.244 e. The van der Waals surface area contributed by atoms with Crippen LogP contribution in [0.1, 0.15) is 12.0 Å². The number of rotatable bonds is 3. The molecule has 1 aromatic carbocycles. The Morgan fingerprint density at radius 2 is 2.28 bits per heavy atom. The summed E-state index contributed by atoms with van der Waals surface area (Å²) in [6.45, 7) is 0.0931. The first-order valence-electron chi connectivity index (χ1n) is 5.60. The van der Waals surface area contributed by atoms with Crippen LogP contribution in [0.15, 0.2) is 23.1 Å². The van der Waals surface area contributed by atoms with Gasteiger partial charge in [-0.3, -0.25) is 9.59 Å². The lowest BCUT2D eigenvalue weighted by Gasteiger charge is -2.27. The SMILES string of the molecule is NCc1ccc2c(c1)N(C(=O)CCO)C(=O)CS2. The van der Waals surface area contributed by atoms with Crippen LogP contribution in [0.4, 0.5) is 5.69 Å². The highest BCUT2D eigenvalue weighted by Crippen LogP contribution is 2.36. The lowest BCUT2D eigenvalue weighted by Crippen LogP contribution is -2.40. The number of benzene rings is 1. The molecule has 0 fully saturated rings. The topological polar surface area (TPSA) is 83.6 Å². The van der Waals surface area contributed by atoms with Crippen molar-refractivity contribution in [2.75, 3.05) is 17.3 Å². The molecule has 0 spiro atoms. The highest BCUT2D eigenvalue weighted by atomic mass is 32.2. The molecular weight excluding hydrogens is 252 g/mol. The van der Waals surface area contributed by atoms with Crippen molar-refractivity contribution in [2.45, 2.75) is 17.9 Å². The Morgan fingerprint density at radius 3 is 2.94 bits per heavy atom. The number of nitrogens with two attached hydrogens (primary N) is 1. The fourth-order valence-corrected chi connectivity index (χ4v) is 2.68. The molecule has 0 aromatic heterocycles. The van der Waals surface area contributed by atoms with Gasteiger partial charge in [-0.25, -0.2) is 4.90 Å². The standard InChI is InChI=1S/C12H14N2O3S/c13-6-8-1-2-10-9(5-8)14(11(16)3-4-15)12(17)7-18-10/h1-2,5,15H,3-4,6-7,13H2. The van der Waals surface area contributed by atoms with Crippen LogP contribution in [-0.2, 0) is 16.1 Å². The Balaban J connectivity index is 2.42. The monoisotopic (exact) mass is 266 g/mol. The second-order valence-electron chi connectivity index (χ2n) is 3.89. The zero-order valence-corrected chi connectivity index (χ0v) is 10.6. The van der Waals surface area contributed by atoms with Crippen molar-refractivity contribution in [1.82, 2.24) is 0 Å². The van der Waals surface area contributed by atoms with Gasteiger partial charge in [0.05, 0.1) is 24.5 Å². The van der Waals surface area contributed by atoms with Crippen LogP contribution in [-0.4, -0.2) is 29.3 Å². The van der Waals surface area contributed by atoms with Crippen molar-refractivity contribution in [2.24, 2.45) is 5.73 Å². The van der Waals surface area contributed by atoms with E-state index in [1.807, 2.05) is 12.1 Å². The van der Waals surface area contributed by atoms with Gasteiger partial charge in [0.2, 0.25) is 11.8 Å². The molecule has 6 heteroatoms. The van der Waals surface area contributed by atoms with Crippen LogP contribution in [0.25, 0.3) is 0 Å². The predicted octanol–water partition coefficient (Wildman–Crippen LogP) is 0.493. The van der Waals surface area contributed by atoms with Gasteiger partial charge >= 0.3 is 0 Å². The average Bonchev–Trinajstić information content (AvgIpc) is 2.38. The number of fused-ring (bicyclic) bond motifs is 1. The number of amides is 2. The van der Waals surface area contributed by atoms with Gasteiger partial charge in [0.25, 0.3) is 0 Å². The minimum atomic E-state index is -0.377. The zero-order valence-electron chi connectivity index (χ0n) is 9.76. The second kappa shape index (κ2) is 5.51. The van der Waals surface area contributed by atoms with Gasteiger partial charge in [0.15, 0.2) is 0 Å². The van der Waals surface area contributed by atoms with Crippen molar-refractivity contribution in [3.05, 3.63) is 23.8 Å². The highest BCUT2D eigenvalue weighted by Gasteiger charge is 2.29. The summed E-state index contributed by atoms with van der Waals surface area (Å²) in [5.41, 5.74) is 7.01. The van der Waals surface area contributed by atoms with E-state index in [4.69, 9.17) is 10.8 Å². The number of hydrogen-bond donors (Lipinski definition) is 2. The van der Waals surface area contributed by atoms with E-state index in [-0.39, 0.29) is 30.6 Å². The quantitative estimate of drug-likeness (QED) is 0.832. The number of thioether (sulfide) groups is 1. The zero-order chi connectivity index (χ0) is 13.1. The first-order chi connectivity index (χ1) is 8.67. The van der Waals surface area contributed by atoms with E-state index in [9.17, 15) is 9.59 Å². The van der Waals surface area contributed by atoms with Crippen molar-refractivity contribution in [3.63, 3.8) is 0 Å². The van der Waals surface area contributed by atoms with Crippen molar-refractivity contribution in [3.8, 4) is 0 Å². The molecule has 3 N–H and O–H groups in total. The molecule has 18 heavy (non-hydrogen) atoms. The van der Waals surface area contributed by atoms with Crippen molar-refractivity contribution in [1.29, 1.82) is 0 Å². The second-order valence-corrected chi connectivity index (χ2v) is 4.91. The molecule has 1 aliphatic rings. The summed E-state index contributed by atoms with van der Waals surface area (Å²) in [7, 11) is 0. The molecule has 2 amide bonds. The molecule has 0 aliphatic carbocycles. The van der Waals surface area contributed by atoms with E-state index in [0.29, 0.717) is 12.2 Å². The Morgan fingerprint density at radius 1 is 1.50 bits per heavy atom. The molecule has 0 atom stereocenters. The van der Waals surface area contributed by atoms with Gasteiger partial charge in [0, 0.05) is 11.4 Å². The largest absolute Gasteiger partial charge is 0.396 e. The average molecular weight is 266 g/mol. The van der Waals surface area contributed by atoms with E-state index in [2.05, 4.69) is 0 Å². The number of imide groups is 1. The minimum Gasteiger partial charge on any atom is -0.396 e. The smallest absolute Gasteiger partial charge is 0.244 e. The number of anilines is 1. The van der Waals surface area contributed by atoms with Crippen LogP contribution in [0, 0.1) is 0 Å². The molecule has 1 aromatic rings. The molecule has 0 saturated carbocycles. The summed E-state index contributed by atoms with van der Waals surface area (Å²) in [6, 6.07) is 5.51. The van der Waals surface area contributed by atoms with E-state index < -0.39 is 0 Å². The number of hydrogen-bond acceptors (Lipinski definition) is 5. The van der Waals surface area contributed by atoms with E-state index in [1.54, 1.807) is 6.07 Å². The molecule has 0 unspecified atom stereocenters. The summed E-state index contributed by atoms with van der Waals surface area (Å²) in [5.74, 6) is -0.384. The van der Waals surface area contributed by atoms with Gasteiger partial charge in [-0.15, -0.1) is 11.8 Å². The lowest BCUT2D eigenvalue weighted by molar-refractivity contribution is -0.125. The number of carbonyl (C=O) groups excluding carboxylic acids is 2. The van der Waals surface area contributed by atoms with Gasteiger partial charge < -0.3 is 10.8 Å². The Hall–Kier alpha value is -1.37. The summed E-state index contributed by atoms with van der Waals surface area (Å²) in [4.78, 5) is 25.8. The van der Waals surface area contributed by atoms with Crippen LogP contribution < -0.4 is 10.6 Å². The first kappa shape index (κ1) is 13.1. The Labute approximate surface area is 109 Å². The normalized spacial score (nSPS) is 14.6. The molecule has 0 radical (unpaired) electrons. The maximum absolute atomic E-state index is 11.9. The third-order valence-electron chi connectivity index (χ3n) is 2.68. The van der Waals surface area contributed by atoms with Crippen LogP contribution in [0.2, 0.25) is 0 Å². The molecule has 0 bridgehead atoms. The number of aliphatic hydroxyl groups is 1. The predicted molar refractivity (Wildman–Crippen MR) is 69.3 cm³/mol. The Bertz CT molecular complexity index is 490. The third kappa shape index (κ3) is 2.40. The van der Waals surface area contributed by atoms with E-state index in [1.165, 1.54) is 11.8 Å².